The van der Waals surface area contributed by atoms with Crippen molar-refractivity contribution < 1.29 is 54.2 Å². The average Bonchev–Trinajstić information content (AvgIpc) is 2.76. The number of benzene rings is 1. The van der Waals surface area contributed by atoms with Crippen molar-refractivity contribution in [3.05, 3.63) is 41.7 Å². The molecular weight excluding hydrogens is 455 g/mol. The van der Waals surface area contributed by atoms with E-state index in [1.165, 1.54) is 12.1 Å². The minimum Gasteiger partial charge on any atom is -0.481 e. The molecule has 3 rings (SSSR count). The molecule has 34 heavy (non-hydrogen) atoms. The molecule has 2 aromatic heterocycles. The number of carboxylic acid groups (broad SMARTS) is 2. The molecule has 2 heterocycles. The van der Waals surface area contributed by atoms with E-state index in [1.54, 1.807) is 18.3 Å². The van der Waals surface area contributed by atoms with Gasteiger partial charge in [-0.25, -0.2) is 14.8 Å². The average molecular weight is 477 g/mol. The van der Waals surface area contributed by atoms with E-state index in [0.717, 1.165) is 5.69 Å². The van der Waals surface area contributed by atoms with Crippen molar-refractivity contribution >= 4 is 46.5 Å². The van der Waals surface area contributed by atoms with Gasteiger partial charge in [0, 0.05) is 24.7 Å². The molecule has 14 heteroatoms. The van der Waals surface area contributed by atoms with Crippen LogP contribution in [0.4, 0.5) is 17.5 Å². The maximum absolute atomic E-state index is 12.4. The normalized spacial score (nSPS) is 11.3. The van der Waals surface area contributed by atoms with Gasteiger partial charge in [0.15, 0.2) is 17.0 Å². The smallest absolute Gasteiger partial charge is 0.481 e. The topological polar surface area (TPSA) is 211 Å². The van der Waals surface area contributed by atoms with Gasteiger partial charge in [-0.1, -0.05) is 0 Å². The summed E-state index contributed by atoms with van der Waals surface area (Å²) in [5.41, 5.74) is 13.7. The summed E-state index contributed by atoms with van der Waals surface area (Å²) in [6.07, 6.45) is 0.964. The first-order valence-corrected chi connectivity index (χ1v) is 9.75. The number of nitrogen functional groups attached to an aromatic ring is 2. The number of nitrogens with two attached hydrogens (primary N) is 2. The molecule has 0 bridgehead atoms. The van der Waals surface area contributed by atoms with Gasteiger partial charge < -0.3 is 31.9 Å². The zero-order valence-electron chi connectivity index (χ0n) is 18.6. The van der Waals surface area contributed by atoms with Gasteiger partial charge in [-0.15, -0.1) is 0 Å². The fraction of sp³-hybridized carbons (Fsp3) is 0.250. The zero-order valence-corrected chi connectivity index (χ0v) is 20.6. The molecule has 1 atom stereocenters. The Labute approximate surface area is 215 Å². The number of hydrogen-bond donors (Lipinski definition) is 5. The van der Waals surface area contributed by atoms with Crippen LogP contribution in [0.5, 0.6) is 0 Å². The minimum absolute atomic E-state index is 0. The third kappa shape index (κ3) is 6.73. The van der Waals surface area contributed by atoms with Crippen LogP contribution in [0.1, 0.15) is 28.9 Å². The van der Waals surface area contributed by atoms with Crippen LogP contribution < -0.4 is 51.2 Å². The van der Waals surface area contributed by atoms with Crippen LogP contribution >= 0.6 is 0 Å². The van der Waals surface area contributed by atoms with Crippen LogP contribution in [0.25, 0.3) is 11.2 Å². The van der Waals surface area contributed by atoms with Crippen LogP contribution in [-0.2, 0) is 16.1 Å². The van der Waals surface area contributed by atoms with E-state index in [2.05, 4.69) is 25.3 Å². The van der Waals surface area contributed by atoms with Crippen LogP contribution in [0.3, 0.4) is 0 Å². The van der Waals surface area contributed by atoms with Gasteiger partial charge in [-0.3, -0.25) is 9.59 Å². The number of fused-ring (bicyclic) bond motifs is 1. The summed E-state index contributed by atoms with van der Waals surface area (Å²) in [5, 5.41) is 20.2. The van der Waals surface area contributed by atoms with Gasteiger partial charge >= 0.3 is 41.5 Å². The SMILES string of the molecule is CN(Cc1cnc2nc(N)nc(N)c2n1)c1ccc(C(=O)N[C@@H](CCC(=O)O)C(=O)O)cc1.[Na+]. The summed E-state index contributed by atoms with van der Waals surface area (Å²) < 4.78 is 0. The second kappa shape index (κ2) is 11.5. The predicted molar refractivity (Wildman–Crippen MR) is 118 cm³/mol. The van der Waals surface area contributed by atoms with Crippen molar-refractivity contribution in [2.75, 3.05) is 23.4 Å². The van der Waals surface area contributed by atoms with Gasteiger partial charge in [-0.05, 0) is 30.7 Å². The van der Waals surface area contributed by atoms with Crippen molar-refractivity contribution in [3.63, 3.8) is 0 Å². The Morgan fingerprint density at radius 2 is 1.76 bits per heavy atom. The van der Waals surface area contributed by atoms with Gasteiger partial charge in [0.25, 0.3) is 5.91 Å². The van der Waals surface area contributed by atoms with E-state index >= 15 is 0 Å². The fourth-order valence-electron chi connectivity index (χ4n) is 3.03. The van der Waals surface area contributed by atoms with Crippen LogP contribution in [0, 0.1) is 0 Å². The predicted octanol–water partition coefficient (Wildman–Crippen LogP) is -2.73. The number of amides is 1. The molecule has 0 fully saturated rings. The molecule has 1 amide bonds. The zero-order chi connectivity index (χ0) is 24.1. The molecule has 0 unspecified atom stereocenters. The van der Waals surface area contributed by atoms with Crippen LogP contribution in [-0.4, -0.2) is 61.1 Å². The Bertz CT molecular complexity index is 1210. The standard InChI is InChI=1S/C20H22N8O5.Na/c1-28(9-11-8-23-17-15(24-11)16(21)26-20(22)27-17)12-4-2-10(3-5-12)18(31)25-13(19(32)33)6-7-14(29)30;/h2-5,8,13H,6-7,9H2,1H3,(H,25,31)(H,29,30)(H,32,33)(H4,21,22,23,26,27);/q;+1/t13-;/m0./s1. The van der Waals surface area contributed by atoms with Gasteiger partial charge in [0.2, 0.25) is 5.95 Å². The Kier molecular flexibility index (Phi) is 9.06. The second-order valence-electron chi connectivity index (χ2n) is 7.20. The van der Waals surface area contributed by atoms with E-state index in [4.69, 9.17) is 16.6 Å². The van der Waals surface area contributed by atoms with Gasteiger partial charge in [0.05, 0.1) is 18.4 Å². The van der Waals surface area contributed by atoms with E-state index in [0.29, 0.717) is 23.4 Å². The first kappa shape index (κ1) is 26.7. The Hall–Kier alpha value is -3.55. The first-order valence-electron chi connectivity index (χ1n) is 9.75. The third-order valence-electron chi connectivity index (χ3n) is 4.72. The summed E-state index contributed by atoms with van der Waals surface area (Å²) in [6, 6.07) is 5.16. The van der Waals surface area contributed by atoms with E-state index < -0.39 is 23.9 Å². The van der Waals surface area contributed by atoms with Crippen molar-refractivity contribution in [1.82, 2.24) is 25.3 Å². The second-order valence-corrected chi connectivity index (χ2v) is 7.20. The molecule has 0 radical (unpaired) electrons. The quantitative estimate of drug-likeness (QED) is 0.199. The molecule has 0 aliphatic carbocycles. The number of carbonyl (C=O) groups is 3. The summed E-state index contributed by atoms with van der Waals surface area (Å²) in [5.74, 6) is -2.91. The van der Waals surface area contributed by atoms with Crippen LogP contribution in [0.2, 0.25) is 0 Å². The number of carboxylic acids is 2. The number of aromatic nitrogens is 4. The summed E-state index contributed by atoms with van der Waals surface area (Å²) in [7, 11) is 1.82. The van der Waals surface area contributed by atoms with E-state index in [-0.39, 0.29) is 59.7 Å². The number of anilines is 3. The van der Waals surface area contributed by atoms with Crippen molar-refractivity contribution in [1.29, 1.82) is 0 Å². The van der Waals surface area contributed by atoms with Crippen molar-refractivity contribution in [2.24, 2.45) is 0 Å². The number of carbonyl (C=O) groups excluding carboxylic acids is 1. The molecule has 13 nitrogen and oxygen atoms in total. The monoisotopic (exact) mass is 477 g/mol. The van der Waals surface area contributed by atoms with Crippen LogP contribution in [0.15, 0.2) is 30.5 Å². The molecule has 1 aromatic carbocycles. The molecule has 0 saturated carbocycles. The van der Waals surface area contributed by atoms with Gasteiger partial charge in [0.1, 0.15) is 6.04 Å². The molecule has 7 N–H and O–H groups in total. The molecular formula is C20H22N8NaO5+. The number of hydrogen-bond acceptors (Lipinski definition) is 10. The Morgan fingerprint density at radius 3 is 2.38 bits per heavy atom. The molecule has 0 spiro atoms. The molecule has 0 aliphatic heterocycles. The van der Waals surface area contributed by atoms with Crippen molar-refractivity contribution in [2.45, 2.75) is 25.4 Å². The van der Waals surface area contributed by atoms with Crippen molar-refractivity contribution in [3.8, 4) is 0 Å². The summed E-state index contributed by atoms with van der Waals surface area (Å²) in [4.78, 5) is 52.7. The maximum atomic E-state index is 12.4. The van der Waals surface area contributed by atoms with Gasteiger partial charge in [-0.2, -0.15) is 9.97 Å². The fourth-order valence-corrected chi connectivity index (χ4v) is 3.03. The molecule has 0 aliphatic rings. The number of aliphatic carboxylic acids is 2. The van der Waals surface area contributed by atoms with E-state index in [1.807, 2.05) is 11.9 Å². The molecule has 172 valence electrons. The molecule has 0 saturated heterocycles. The summed E-state index contributed by atoms with van der Waals surface area (Å²) >= 11 is 0. The molecule has 3 aromatic rings. The Morgan fingerprint density at radius 1 is 1.09 bits per heavy atom. The number of nitrogens with one attached hydrogen (secondary N) is 1. The number of nitrogens with zero attached hydrogens (tertiary/aromatic N) is 5. The Balaban J connectivity index is 0.00000408. The number of rotatable bonds is 9. The first-order chi connectivity index (χ1) is 15.6. The summed E-state index contributed by atoms with van der Waals surface area (Å²) in [6.45, 7) is 0.370. The third-order valence-corrected chi connectivity index (χ3v) is 4.72. The largest absolute Gasteiger partial charge is 1.00 e. The van der Waals surface area contributed by atoms with E-state index in [9.17, 15) is 19.5 Å². The maximum Gasteiger partial charge on any atom is 1.00 e. The minimum atomic E-state index is -1.30.